The van der Waals surface area contributed by atoms with Gasteiger partial charge in [-0.25, -0.2) is 9.13 Å². The van der Waals surface area contributed by atoms with Crippen LogP contribution in [0.25, 0.3) is 0 Å². The lowest BCUT2D eigenvalue weighted by Crippen LogP contribution is -2.64. The maximum absolute atomic E-state index is 13.0. The van der Waals surface area contributed by atoms with E-state index in [-0.39, 0.29) is 12.8 Å². The zero-order chi connectivity index (χ0) is 49.1. The number of allylic oxidation sites excluding steroid dienone is 15. The average molecular weight is 975 g/mol. The zero-order valence-electron chi connectivity index (χ0n) is 38.4. The van der Waals surface area contributed by atoms with Gasteiger partial charge in [0.05, 0.1) is 12.7 Å². The fraction of sp³-hybridized carbons (Fsp3) is 0.617. The van der Waals surface area contributed by atoms with Crippen LogP contribution in [0, 0.1) is 0 Å². The van der Waals surface area contributed by atoms with Crippen molar-refractivity contribution >= 4 is 27.6 Å². The van der Waals surface area contributed by atoms with E-state index >= 15 is 0 Å². The molecule has 0 saturated heterocycles. The number of hydrogen-bond donors (Lipinski definition) is 8. The molecule has 1 aliphatic carbocycles. The number of unbranched alkanes of at least 4 members (excludes halogenated alkanes) is 6. The minimum atomic E-state index is -5.38. The number of rotatable bonds is 36. The molecule has 0 aliphatic heterocycles. The summed E-state index contributed by atoms with van der Waals surface area (Å²) in [6, 6.07) is 0. The average Bonchev–Trinajstić information content (AvgIpc) is 3.27. The highest BCUT2D eigenvalue weighted by molar-refractivity contribution is 7.47. The van der Waals surface area contributed by atoms with Gasteiger partial charge in [-0.15, -0.1) is 0 Å². The fourth-order valence-electron chi connectivity index (χ4n) is 6.14. The highest BCUT2D eigenvalue weighted by atomic mass is 31.2. The Morgan fingerprint density at radius 2 is 1.06 bits per heavy atom. The lowest BCUT2D eigenvalue weighted by Gasteiger charge is -2.43. The maximum Gasteiger partial charge on any atom is 0.472 e. The molecular weight excluding hydrogens is 898 g/mol. The van der Waals surface area contributed by atoms with E-state index in [0.717, 1.165) is 64.2 Å². The minimum Gasteiger partial charge on any atom is -0.462 e. The Bertz CT molecular complexity index is 1670. The third kappa shape index (κ3) is 31.0. The first kappa shape index (κ1) is 60.9. The maximum atomic E-state index is 13.0. The monoisotopic (exact) mass is 974 g/mol. The van der Waals surface area contributed by atoms with Crippen molar-refractivity contribution in [3.63, 3.8) is 0 Å². The number of carbonyl (C=O) groups excluding carboxylic acids is 2. The zero-order valence-corrected chi connectivity index (χ0v) is 40.2. The van der Waals surface area contributed by atoms with Crippen LogP contribution in [0.5, 0.6) is 0 Å². The van der Waals surface area contributed by atoms with Crippen molar-refractivity contribution in [2.24, 2.45) is 0 Å². The summed E-state index contributed by atoms with van der Waals surface area (Å²) in [5.74, 6) is -1.32. The second-order valence-corrected chi connectivity index (χ2v) is 18.2. The molecule has 376 valence electrons. The second kappa shape index (κ2) is 36.9. The van der Waals surface area contributed by atoms with Crippen molar-refractivity contribution in [1.82, 2.24) is 0 Å². The molecule has 0 aromatic rings. The molecule has 17 nitrogen and oxygen atoms in total. The Balaban J connectivity index is 2.68. The lowest BCUT2D eigenvalue weighted by molar-refractivity contribution is -0.216. The summed E-state index contributed by atoms with van der Waals surface area (Å²) in [5, 5.41) is 50.7. The molecule has 0 heterocycles. The van der Waals surface area contributed by atoms with E-state index in [1.807, 2.05) is 55.5 Å². The first-order valence-corrected chi connectivity index (χ1v) is 25.9. The fourth-order valence-corrected chi connectivity index (χ4v) is 7.68. The molecule has 1 saturated carbocycles. The van der Waals surface area contributed by atoms with Gasteiger partial charge in [0.25, 0.3) is 0 Å². The number of ether oxygens (including phenoxy) is 2. The summed E-state index contributed by atoms with van der Waals surface area (Å²) in [6.45, 7) is 2.58. The van der Waals surface area contributed by atoms with Crippen molar-refractivity contribution in [2.45, 2.75) is 172 Å². The Kier molecular flexibility index (Phi) is 34.0. The van der Waals surface area contributed by atoms with Gasteiger partial charge in [-0.3, -0.25) is 23.2 Å². The van der Waals surface area contributed by atoms with Gasteiger partial charge >= 0.3 is 27.6 Å². The number of aliphatic hydroxyl groups is 5. The summed E-state index contributed by atoms with van der Waals surface area (Å²) >= 11 is 0. The predicted molar refractivity (Wildman–Crippen MR) is 251 cm³/mol. The number of aliphatic hydroxyl groups excluding tert-OH is 5. The third-order valence-corrected chi connectivity index (χ3v) is 11.3. The molecule has 1 fully saturated rings. The predicted octanol–water partition coefficient (Wildman–Crippen LogP) is 7.36. The molecule has 66 heavy (non-hydrogen) atoms. The van der Waals surface area contributed by atoms with Crippen molar-refractivity contribution in [3.05, 3.63) is 97.2 Å². The number of phosphoric acid groups is 2. The molecule has 5 unspecified atom stereocenters. The molecule has 0 spiro atoms. The van der Waals surface area contributed by atoms with E-state index in [0.29, 0.717) is 32.1 Å². The van der Waals surface area contributed by atoms with Gasteiger partial charge < -0.3 is 49.7 Å². The summed E-state index contributed by atoms with van der Waals surface area (Å²) in [4.78, 5) is 54.2. The van der Waals surface area contributed by atoms with Crippen molar-refractivity contribution in [1.29, 1.82) is 0 Å². The van der Waals surface area contributed by atoms with Gasteiger partial charge in [-0.2, -0.15) is 0 Å². The molecule has 0 amide bonds. The van der Waals surface area contributed by atoms with Crippen LogP contribution in [0.2, 0.25) is 0 Å². The van der Waals surface area contributed by atoms with E-state index < -0.39 is 89.6 Å². The Hall–Kier alpha value is -3.12. The molecule has 0 bridgehead atoms. The van der Waals surface area contributed by atoms with Gasteiger partial charge in [-0.1, -0.05) is 130 Å². The summed E-state index contributed by atoms with van der Waals surface area (Å²) in [5.41, 5.74) is 0. The van der Waals surface area contributed by atoms with Gasteiger partial charge in [-0.05, 0) is 77.0 Å². The van der Waals surface area contributed by atoms with Gasteiger partial charge in [0.2, 0.25) is 0 Å². The first-order valence-electron chi connectivity index (χ1n) is 22.9. The van der Waals surface area contributed by atoms with E-state index in [4.69, 9.17) is 28.3 Å². The summed E-state index contributed by atoms with van der Waals surface area (Å²) in [7, 11) is -10.7. The Labute approximate surface area is 390 Å². The van der Waals surface area contributed by atoms with Gasteiger partial charge in [0.1, 0.15) is 43.2 Å². The van der Waals surface area contributed by atoms with Crippen LogP contribution in [0.1, 0.15) is 123 Å². The van der Waals surface area contributed by atoms with E-state index in [2.05, 4.69) is 54.0 Å². The number of esters is 2. The first-order chi connectivity index (χ1) is 31.5. The second-order valence-electron chi connectivity index (χ2n) is 15.6. The Morgan fingerprint density at radius 1 is 0.561 bits per heavy atom. The van der Waals surface area contributed by atoms with Crippen molar-refractivity contribution in [2.75, 3.05) is 13.2 Å². The van der Waals surface area contributed by atoms with Crippen LogP contribution in [0.4, 0.5) is 0 Å². The van der Waals surface area contributed by atoms with Crippen LogP contribution in [0.15, 0.2) is 97.2 Å². The molecule has 0 aromatic heterocycles. The Morgan fingerprint density at radius 3 is 1.64 bits per heavy atom. The smallest absolute Gasteiger partial charge is 0.462 e. The van der Waals surface area contributed by atoms with Crippen LogP contribution in [-0.4, -0.2) is 114 Å². The molecule has 8 N–H and O–H groups in total. The molecule has 9 atom stereocenters. The normalized spacial score (nSPS) is 22.9. The highest BCUT2D eigenvalue weighted by Crippen LogP contribution is 2.49. The summed E-state index contributed by atoms with van der Waals surface area (Å²) < 4.78 is 49.2. The van der Waals surface area contributed by atoms with Crippen LogP contribution >= 0.6 is 15.6 Å². The largest absolute Gasteiger partial charge is 0.472 e. The molecule has 1 rings (SSSR count). The number of carbonyl (C=O) groups is 2. The number of phosphoric ester groups is 2. The minimum absolute atomic E-state index is 0.0580. The molecule has 19 heteroatoms. The molecular formula is C47H76O17P2. The highest BCUT2D eigenvalue weighted by Gasteiger charge is 2.54. The van der Waals surface area contributed by atoms with Crippen LogP contribution in [0.3, 0.4) is 0 Å². The quantitative estimate of drug-likeness (QED) is 0.0100. The van der Waals surface area contributed by atoms with E-state index in [9.17, 15) is 49.1 Å². The standard InChI is InChI=1S/C47H76O17P2/c1-3-5-6-7-8-9-10-11-12-16-19-22-25-28-31-34-40(49)60-36-39(37-61-66(58,59)64-47-44(53)42(51)43(52)46(45(47)54)63-65(55,56)57)62-41(50)35-32-29-26-23-20-17-14-13-15-18-21-24-27-30-33-38(48)4-2/h5-6,8-9,11-12,14-15,17-18,23-24,26-27,30,33,38-39,42-48,51-54H,3-4,7,10,13,16,19-22,25,28-29,31-32,34-37H2,1-2H3,(H,58,59)(H2,55,56,57)/b6-5-,9-8-,12-11-,17-14-,18-15-,26-23-,27-24-,33-30+/t38-,39-,42?,43?,44?,45?,46-,47+/m1/s1. The molecule has 1 aliphatic rings. The number of hydrogen-bond acceptors (Lipinski definition) is 14. The lowest BCUT2D eigenvalue weighted by atomic mass is 9.85. The van der Waals surface area contributed by atoms with E-state index in [1.54, 1.807) is 6.08 Å². The van der Waals surface area contributed by atoms with Crippen LogP contribution < -0.4 is 0 Å². The topological polar surface area (TPSA) is 276 Å². The van der Waals surface area contributed by atoms with Crippen molar-refractivity contribution < 1.29 is 82.0 Å². The van der Waals surface area contributed by atoms with Gasteiger partial charge in [0.15, 0.2) is 6.10 Å². The van der Waals surface area contributed by atoms with E-state index in [1.165, 1.54) is 0 Å². The van der Waals surface area contributed by atoms with Crippen LogP contribution in [-0.2, 0) is 41.8 Å². The van der Waals surface area contributed by atoms with Gasteiger partial charge in [0, 0.05) is 12.8 Å². The summed E-state index contributed by atoms with van der Waals surface area (Å²) in [6.07, 6.45) is 28.9. The molecule has 0 aromatic carbocycles. The molecule has 0 radical (unpaired) electrons. The third-order valence-electron chi connectivity index (χ3n) is 9.81. The SMILES string of the molecule is CC/C=C\C/C=C\C/C=C\CCCCCCCC(=O)OC[C@H](COP(=O)(O)O[C@H]1C(O)C(O)C(O)[C@@H](OP(=O)(O)O)C1O)OC(=O)CCC/C=C\C/C=C\C/C=C\C/C=C\C=C\[C@H](O)CC. The van der Waals surface area contributed by atoms with Crippen molar-refractivity contribution in [3.8, 4) is 0 Å².